The van der Waals surface area contributed by atoms with Crippen LogP contribution in [0.3, 0.4) is 0 Å². The van der Waals surface area contributed by atoms with Crippen LogP contribution in [0.4, 0.5) is 4.79 Å². The van der Waals surface area contributed by atoms with Crippen LogP contribution in [0.15, 0.2) is 9.52 Å². The van der Waals surface area contributed by atoms with E-state index in [1.807, 2.05) is 20.8 Å². The van der Waals surface area contributed by atoms with E-state index >= 15 is 0 Å². The third kappa shape index (κ3) is 10.2. The molecule has 138 valence electrons. The number of aryl methyl sites for hydroxylation is 1. The molecule has 0 fully saturated rings. The Morgan fingerprint density at radius 1 is 1.25 bits per heavy atom. The number of guanidine groups is 1. The van der Waals surface area contributed by atoms with Crippen LogP contribution in [0.1, 0.15) is 38.9 Å². The highest BCUT2D eigenvalue weighted by atomic mass is 127. The standard InChI is InChI=1S/C14H26N6O3.HI/c1-10-19-11(23-20-10)9-18-12(15-5)16-7-6-8-17-13(21)22-14(2,3)4;/h6-9H2,1-5H3,(H,17,21)(H2,15,16,18);1H. The van der Waals surface area contributed by atoms with Crippen LogP contribution in [0.2, 0.25) is 0 Å². The van der Waals surface area contributed by atoms with Gasteiger partial charge in [-0.1, -0.05) is 5.16 Å². The Morgan fingerprint density at radius 2 is 1.92 bits per heavy atom. The molecular weight excluding hydrogens is 427 g/mol. The number of amides is 1. The molecule has 1 amide bonds. The number of aliphatic imine (C=N–C) groups is 1. The van der Waals surface area contributed by atoms with Crippen LogP contribution in [0, 0.1) is 6.92 Å². The van der Waals surface area contributed by atoms with Gasteiger partial charge in [0.05, 0.1) is 6.54 Å². The topological polar surface area (TPSA) is 114 Å². The number of nitrogens with zero attached hydrogens (tertiary/aromatic N) is 3. The molecule has 0 bridgehead atoms. The number of hydrogen-bond acceptors (Lipinski definition) is 6. The summed E-state index contributed by atoms with van der Waals surface area (Å²) in [5.74, 6) is 1.72. The van der Waals surface area contributed by atoms with Crippen molar-refractivity contribution in [2.75, 3.05) is 20.1 Å². The number of carbonyl (C=O) groups excluding carboxylic acids is 1. The number of aromatic nitrogens is 2. The molecule has 1 aromatic rings. The molecule has 1 heterocycles. The summed E-state index contributed by atoms with van der Waals surface area (Å²) in [5, 5.41) is 12.6. The van der Waals surface area contributed by atoms with E-state index in [2.05, 4.69) is 31.1 Å². The van der Waals surface area contributed by atoms with Crippen LogP contribution >= 0.6 is 24.0 Å². The van der Waals surface area contributed by atoms with Crippen LogP contribution in [-0.2, 0) is 11.3 Å². The molecule has 0 atom stereocenters. The van der Waals surface area contributed by atoms with E-state index in [4.69, 9.17) is 9.26 Å². The Bertz CT molecular complexity index is 527. The van der Waals surface area contributed by atoms with Crippen molar-refractivity contribution in [2.24, 2.45) is 4.99 Å². The van der Waals surface area contributed by atoms with Crippen LogP contribution in [0.25, 0.3) is 0 Å². The van der Waals surface area contributed by atoms with Gasteiger partial charge in [-0.3, -0.25) is 4.99 Å². The summed E-state index contributed by atoms with van der Waals surface area (Å²) < 4.78 is 10.1. The van der Waals surface area contributed by atoms with Gasteiger partial charge in [-0.05, 0) is 34.1 Å². The van der Waals surface area contributed by atoms with E-state index in [0.717, 1.165) is 6.42 Å². The van der Waals surface area contributed by atoms with Crippen LogP contribution < -0.4 is 16.0 Å². The summed E-state index contributed by atoms with van der Waals surface area (Å²) in [4.78, 5) is 19.6. The third-order valence-electron chi connectivity index (χ3n) is 2.51. The number of halogens is 1. The Balaban J connectivity index is 0.00000529. The van der Waals surface area contributed by atoms with Crippen LogP contribution in [0.5, 0.6) is 0 Å². The van der Waals surface area contributed by atoms with Crippen molar-refractivity contribution in [3.8, 4) is 0 Å². The summed E-state index contributed by atoms with van der Waals surface area (Å²) in [6, 6.07) is 0. The molecule has 1 rings (SSSR count). The van der Waals surface area contributed by atoms with Gasteiger partial charge in [0.15, 0.2) is 11.8 Å². The minimum absolute atomic E-state index is 0. The van der Waals surface area contributed by atoms with E-state index in [1.54, 1.807) is 14.0 Å². The van der Waals surface area contributed by atoms with Crippen molar-refractivity contribution in [3.63, 3.8) is 0 Å². The largest absolute Gasteiger partial charge is 0.444 e. The number of rotatable bonds is 6. The summed E-state index contributed by atoms with van der Waals surface area (Å²) in [5.41, 5.74) is -0.485. The van der Waals surface area contributed by atoms with Gasteiger partial charge in [0, 0.05) is 20.1 Å². The molecular formula is C14H27IN6O3. The average Bonchev–Trinajstić information content (AvgIpc) is 2.85. The lowest BCUT2D eigenvalue weighted by atomic mass is 10.2. The Morgan fingerprint density at radius 3 is 2.46 bits per heavy atom. The van der Waals surface area contributed by atoms with Crippen molar-refractivity contribution >= 4 is 36.0 Å². The molecule has 24 heavy (non-hydrogen) atoms. The fraction of sp³-hybridized carbons (Fsp3) is 0.714. The highest BCUT2D eigenvalue weighted by Gasteiger charge is 2.15. The van der Waals surface area contributed by atoms with Crippen molar-refractivity contribution in [2.45, 2.75) is 46.3 Å². The lowest BCUT2D eigenvalue weighted by molar-refractivity contribution is 0.0527. The highest BCUT2D eigenvalue weighted by molar-refractivity contribution is 14.0. The summed E-state index contributed by atoms with van der Waals surface area (Å²) >= 11 is 0. The van der Waals surface area contributed by atoms with Gasteiger partial charge >= 0.3 is 6.09 Å². The second kappa shape index (κ2) is 11.0. The zero-order valence-corrected chi connectivity index (χ0v) is 17.1. The molecule has 0 aromatic carbocycles. The van der Waals surface area contributed by atoms with E-state index in [9.17, 15) is 4.79 Å². The SMILES string of the molecule is CN=C(NCCCNC(=O)OC(C)(C)C)NCc1nc(C)no1.I. The summed E-state index contributed by atoms with van der Waals surface area (Å²) in [7, 11) is 1.67. The Kier molecular flexibility index (Phi) is 10.3. The zero-order chi connectivity index (χ0) is 17.3. The normalized spacial score (nSPS) is 11.5. The average molecular weight is 454 g/mol. The number of nitrogens with one attached hydrogen (secondary N) is 3. The van der Waals surface area contributed by atoms with Crippen molar-refractivity contribution in [3.05, 3.63) is 11.7 Å². The molecule has 0 unspecified atom stereocenters. The second-order valence-electron chi connectivity index (χ2n) is 5.87. The quantitative estimate of drug-likeness (QED) is 0.259. The first-order chi connectivity index (χ1) is 10.8. The predicted octanol–water partition coefficient (Wildman–Crippen LogP) is 1.58. The van der Waals surface area contributed by atoms with Crippen molar-refractivity contribution in [1.82, 2.24) is 26.1 Å². The smallest absolute Gasteiger partial charge is 0.407 e. The molecule has 0 spiro atoms. The Labute approximate surface area is 159 Å². The molecule has 1 aromatic heterocycles. The van der Waals surface area contributed by atoms with E-state index in [1.165, 1.54) is 0 Å². The van der Waals surface area contributed by atoms with Gasteiger partial charge in [0.25, 0.3) is 0 Å². The lowest BCUT2D eigenvalue weighted by Gasteiger charge is -2.19. The maximum absolute atomic E-state index is 11.5. The fourth-order valence-electron chi connectivity index (χ4n) is 1.59. The Hall–Kier alpha value is -1.59. The summed E-state index contributed by atoms with van der Waals surface area (Å²) in [6.07, 6.45) is 0.325. The third-order valence-corrected chi connectivity index (χ3v) is 2.51. The molecule has 0 saturated heterocycles. The first-order valence-corrected chi connectivity index (χ1v) is 7.50. The van der Waals surface area contributed by atoms with Gasteiger partial charge < -0.3 is 25.2 Å². The molecule has 9 nitrogen and oxygen atoms in total. The first-order valence-electron chi connectivity index (χ1n) is 7.50. The second-order valence-corrected chi connectivity index (χ2v) is 5.87. The van der Waals surface area contributed by atoms with Crippen LogP contribution in [-0.4, -0.2) is 47.9 Å². The van der Waals surface area contributed by atoms with Crippen molar-refractivity contribution < 1.29 is 14.1 Å². The number of alkyl carbamates (subject to hydrolysis) is 1. The van der Waals surface area contributed by atoms with E-state index in [0.29, 0.717) is 37.3 Å². The maximum Gasteiger partial charge on any atom is 0.407 e. The zero-order valence-electron chi connectivity index (χ0n) is 14.8. The fourth-order valence-corrected chi connectivity index (χ4v) is 1.59. The molecule has 10 heteroatoms. The minimum Gasteiger partial charge on any atom is -0.444 e. The predicted molar refractivity (Wildman–Crippen MR) is 102 cm³/mol. The summed E-state index contributed by atoms with van der Waals surface area (Å²) in [6.45, 7) is 8.81. The number of carbonyl (C=O) groups is 1. The molecule has 3 N–H and O–H groups in total. The lowest BCUT2D eigenvalue weighted by Crippen LogP contribution is -2.39. The highest BCUT2D eigenvalue weighted by Crippen LogP contribution is 2.06. The van der Waals surface area contributed by atoms with Gasteiger partial charge in [-0.25, -0.2) is 4.79 Å². The van der Waals surface area contributed by atoms with Gasteiger partial charge in [0.1, 0.15) is 5.60 Å². The van der Waals surface area contributed by atoms with E-state index in [-0.39, 0.29) is 24.0 Å². The minimum atomic E-state index is -0.485. The van der Waals surface area contributed by atoms with Gasteiger partial charge in [0.2, 0.25) is 5.89 Å². The molecule has 0 aliphatic heterocycles. The van der Waals surface area contributed by atoms with E-state index < -0.39 is 11.7 Å². The molecule has 0 aliphatic rings. The number of hydrogen-bond donors (Lipinski definition) is 3. The van der Waals surface area contributed by atoms with Crippen molar-refractivity contribution in [1.29, 1.82) is 0 Å². The molecule has 0 aliphatic carbocycles. The monoisotopic (exact) mass is 454 g/mol. The van der Waals surface area contributed by atoms with Gasteiger partial charge in [-0.15, -0.1) is 24.0 Å². The first kappa shape index (κ1) is 22.4. The maximum atomic E-state index is 11.5. The molecule has 0 saturated carbocycles. The van der Waals surface area contributed by atoms with Gasteiger partial charge in [-0.2, -0.15) is 4.98 Å². The molecule has 0 radical (unpaired) electrons. The number of ether oxygens (including phenoxy) is 1.